The van der Waals surface area contributed by atoms with Crippen LogP contribution in [0.1, 0.15) is 38.7 Å². The molecule has 2 aliphatic heterocycles. The molecule has 1 unspecified atom stereocenters. The van der Waals surface area contributed by atoms with Crippen molar-refractivity contribution in [2.75, 3.05) is 6.61 Å². The summed E-state index contributed by atoms with van der Waals surface area (Å²) < 4.78 is 19.7. The predicted octanol–water partition coefficient (Wildman–Crippen LogP) is 3.55. The van der Waals surface area contributed by atoms with Crippen LogP contribution in [-0.4, -0.2) is 18.0 Å². The van der Waals surface area contributed by atoms with Gasteiger partial charge in [-0.15, -0.1) is 0 Å². The van der Waals surface area contributed by atoms with E-state index in [-0.39, 0.29) is 11.2 Å². The van der Waals surface area contributed by atoms with Gasteiger partial charge in [0, 0.05) is 23.3 Å². The van der Waals surface area contributed by atoms with Crippen LogP contribution in [0.15, 0.2) is 29.3 Å². The third-order valence-electron chi connectivity index (χ3n) is 4.17. The lowest BCUT2D eigenvalue weighted by atomic mass is 9.78. The monoisotopic (exact) mass is 247 g/mol. The van der Waals surface area contributed by atoms with Gasteiger partial charge in [0.25, 0.3) is 0 Å². The Morgan fingerprint density at radius 3 is 2.72 bits per heavy atom. The van der Waals surface area contributed by atoms with Crippen molar-refractivity contribution in [3.8, 4) is 0 Å². The number of rotatable bonds is 1. The molecule has 1 spiro atoms. The largest absolute Gasteiger partial charge is 0.353 e. The van der Waals surface area contributed by atoms with Crippen LogP contribution in [-0.2, 0) is 4.74 Å². The second kappa shape index (κ2) is 3.89. The fourth-order valence-corrected chi connectivity index (χ4v) is 3.06. The van der Waals surface area contributed by atoms with Gasteiger partial charge in [-0.2, -0.15) is 0 Å². The zero-order chi connectivity index (χ0) is 12.8. The molecule has 1 fully saturated rings. The van der Waals surface area contributed by atoms with Crippen molar-refractivity contribution in [1.82, 2.24) is 0 Å². The van der Waals surface area contributed by atoms with Crippen molar-refractivity contribution in [3.63, 3.8) is 0 Å². The van der Waals surface area contributed by atoms with Crippen molar-refractivity contribution in [2.24, 2.45) is 10.4 Å². The molecular weight excluding hydrogens is 229 g/mol. The van der Waals surface area contributed by atoms with Gasteiger partial charge in [-0.1, -0.05) is 32.0 Å². The minimum atomic E-state index is -0.426. The lowest BCUT2D eigenvalue weighted by Crippen LogP contribution is -2.38. The third-order valence-corrected chi connectivity index (χ3v) is 4.17. The standard InChI is InChI=1S/C15H18FNO/c1-14(2)10-13(11-6-3-4-7-12(11)16)17-15(14)8-5-9-18-15/h3-4,6-7H,5,8-10H2,1-2H3. The van der Waals surface area contributed by atoms with Crippen molar-refractivity contribution in [3.05, 3.63) is 35.6 Å². The van der Waals surface area contributed by atoms with Gasteiger partial charge < -0.3 is 4.74 Å². The van der Waals surface area contributed by atoms with Crippen molar-refractivity contribution >= 4 is 5.71 Å². The molecule has 96 valence electrons. The van der Waals surface area contributed by atoms with E-state index in [2.05, 4.69) is 13.8 Å². The Labute approximate surface area is 107 Å². The zero-order valence-electron chi connectivity index (χ0n) is 10.9. The first-order valence-corrected chi connectivity index (χ1v) is 6.52. The van der Waals surface area contributed by atoms with E-state index >= 15 is 0 Å². The lowest BCUT2D eigenvalue weighted by Gasteiger charge is -2.34. The second-order valence-electron chi connectivity index (χ2n) is 5.84. The molecule has 0 saturated carbocycles. The van der Waals surface area contributed by atoms with E-state index in [0.29, 0.717) is 5.56 Å². The summed E-state index contributed by atoms with van der Waals surface area (Å²) >= 11 is 0. The summed E-state index contributed by atoms with van der Waals surface area (Å²) in [4.78, 5) is 4.76. The Balaban J connectivity index is 2.03. The molecule has 0 amide bonds. The molecule has 0 aromatic heterocycles. The number of nitrogens with zero attached hydrogens (tertiary/aromatic N) is 1. The molecule has 1 aromatic carbocycles. The molecule has 0 N–H and O–H groups in total. The van der Waals surface area contributed by atoms with Gasteiger partial charge in [-0.3, -0.25) is 4.99 Å². The van der Waals surface area contributed by atoms with Gasteiger partial charge in [0.1, 0.15) is 5.82 Å². The molecule has 1 saturated heterocycles. The molecule has 3 rings (SSSR count). The smallest absolute Gasteiger partial charge is 0.164 e. The predicted molar refractivity (Wildman–Crippen MR) is 69.3 cm³/mol. The third kappa shape index (κ3) is 1.61. The van der Waals surface area contributed by atoms with E-state index in [0.717, 1.165) is 31.6 Å². The molecule has 18 heavy (non-hydrogen) atoms. The van der Waals surface area contributed by atoms with E-state index < -0.39 is 5.72 Å². The van der Waals surface area contributed by atoms with Crippen molar-refractivity contribution in [1.29, 1.82) is 0 Å². The minimum Gasteiger partial charge on any atom is -0.353 e. The van der Waals surface area contributed by atoms with Gasteiger partial charge in [0.15, 0.2) is 5.72 Å². The average molecular weight is 247 g/mol. The Kier molecular flexibility index (Phi) is 2.56. The maximum atomic E-state index is 13.8. The highest BCUT2D eigenvalue weighted by molar-refractivity contribution is 6.02. The molecule has 1 aromatic rings. The first kappa shape index (κ1) is 11.8. The van der Waals surface area contributed by atoms with Gasteiger partial charge in [0.2, 0.25) is 0 Å². The Bertz CT molecular complexity index is 501. The molecule has 3 heteroatoms. The molecule has 0 aliphatic carbocycles. The summed E-state index contributed by atoms with van der Waals surface area (Å²) in [7, 11) is 0. The molecule has 2 aliphatic rings. The van der Waals surface area contributed by atoms with E-state index in [1.54, 1.807) is 12.1 Å². The van der Waals surface area contributed by atoms with Crippen LogP contribution in [0.2, 0.25) is 0 Å². The van der Waals surface area contributed by atoms with Crippen LogP contribution in [0.4, 0.5) is 4.39 Å². The highest BCUT2D eigenvalue weighted by Crippen LogP contribution is 2.50. The molecule has 1 atom stereocenters. The quantitative estimate of drug-likeness (QED) is 0.743. The summed E-state index contributed by atoms with van der Waals surface area (Å²) in [6.07, 6.45) is 2.75. The first-order chi connectivity index (χ1) is 8.54. The number of halogens is 1. The lowest BCUT2D eigenvalue weighted by molar-refractivity contribution is -0.0654. The van der Waals surface area contributed by atoms with Crippen LogP contribution in [0.3, 0.4) is 0 Å². The number of ether oxygens (including phenoxy) is 1. The van der Waals surface area contributed by atoms with E-state index in [4.69, 9.17) is 9.73 Å². The minimum absolute atomic E-state index is 0.0544. The topological polar surface area (TPSA) is 21.6 Å². The molecular formula is C15H18FNO. The molecule has 0 radical (unpaired) electrons. The maximum absolute atomic E-state index is 13.8. The molecule has 0 bridgehead atoms. The second-order valence-corrected chi connectivity index (χ2v) is 5.84. The number of aliphatic imine (C=N–C) groups is 1. The highest BCUT2D eigenvalue weighted by atomic mass is 19.1. The van der Waals surface area contributed by atoms with Crippen LogP contribution in [0.5, 0.6) is 0 Å². The van der Waals surface area contributed by atoms with Crippen LogP contribution in [0, 0.1) is 11.2 Å². The molecule has 2 nitrogen and oxygen atoms in total. The number of hydrogen-bond acceptors (Lipinski definition) is 2. The fraction of sp³-hybridized carbons (Fsp3) is 0.533. The number of hydrogen-bond donors (Lipinski definition) is 0. The van der Waals surface area contributed by atoms with Crippen LogP contribution >= 0.6 is 0 Å². The SMILES string of the molecule is CC1(C)CC(c2ccccc2F)=NC12CCCO2. The zero-order valence-corrected chi connectivity index (χ0v) is 10.9. The summed E-state index contributed by atoms with van der Waals surface area (Å²) in [5.41, 5.74) is 0.990. The Hall–Kier alpha value is -1.22. The summed E-state index contributed by atoms with van der Waals surface area (Å²) in [5.74, 6) is -0.193. The van der Waals surface area contributed by atoms with E-state index in [9.17, 15) is 4.39 Å². The van der Waals surface area contributed by atoms with Gasteiger partial charge in [0.05, 0.1) is 0 Å². The van der Waals surface area contributed by atoms with E-state index in [1.165, 1.54) is 6.07 Å². The van der Waals surface area contributed by atoms with Crippen molar-refractivity contribution in [2.45, 2.75) is 38.8 Å². The Morgan fingerprint density at radius 1 is 1.28 bits per heavy atom. The van der Waals surface area contributed by atoms with Gasteiger partial charge in [-0.25, -0.2) is 4.39 Å². The summed E-state index contributed by atoms with van der Waals surface area (Å²) in [6.45, 7) is 5.09. The van der Waals surface area contributed by atoms with E-state index in [1.807, 2.05) is 6.07 Å². The molecule has 2 heterocycles. The van der Waals surface area contributed by atoms with Gasteiger partial charge >= 0.3 is 0 Å². The Morgan fingerprint density at radius 2 is 2.06 bits per heavy atom. The summed E-state index contributed by atoms with van der Waals surface area (Å²) in [5, 5.41) is 0. The normalized spacial score (nSPS) is 29.8. The van der Waals surface area contributed by atoms with Crippen molar-refractivity contribution < 1.29 is 9.13 Å². The highest BCUT2D eigenvalue weighted by Gasteiger charge is 2.53. The number of benzene rings is 1. The van der Waals surface area contributed by atoms with Crippen LogP contribution in [0.25, 0.3) is 0 Å². The van der Waals surface area contributed by atoms with Gasteiger partial charge in [-0.05, 0) is 25.3 Å². The maximum Gasteiger partial charge on any atom is 0.164 e. The van der Waals surface area contributed by atoms with Crippen LogP contribution < -0.4 is 0 Å². The first-order valence-electron chi connectivity index (χ1n) is 6.52. The average Bonchev–Trinajstić information content (AvgIpc) is 2.87. The fourth-order valence-electron chi connectivity index (χ4n) is 3.06. The summed E-state index contributed by atoms with van der Waals surface area (Å²) in [6, 6.07) is 6.86.